The minimum absolute atomic E-state index is 0.153. The first-order valence-corrected chi connectivity index (χ1v) is 6.51. The van der Waals surface area contributed by atoms with Gasteiger partial charge in [-0.3, -0.25) is 9.78 Å². The second-order valence-electron chi connectivity index (χ2n) is 3.82. The number of thiazole rings is 1. The van der Waals surface area contributed by atoms with E-state index in [1.165, 1.54) is 11.3 Å². The Kier molecular flexibility index (Phi) is 3.07. The topological polar surface area (TPSA) is 59.8 Å². The van der Waals surface area contributed by atoms with Gasteiger partial charge in [0.2, 0.25) is 0 Å². The predicted molar refractivity (Wildman–Crippen MR) is 73.6 cm³/mol. The standard InChI is InChI=1S/C13H10N4OS/c18-13(12-8-14-9-19-12)16-10-3-1-4-11(7-10)17-6-2-5-15-17/h1-9H,(H,16,18). The first kappa shape index (κ1) is 11.6. The lowest BCUT2D eigenvalue weighted by Gasteiger charge is -2.06. The van der Waals surface area contributed by atoms with E-state index in [1.54, 1.807) is 22.6 Å². The molecule has 0 aliphatic heterocycles. The SMILES string of the molecule is O=C(Nc1cccc(-n2cccn2)c1)c1cncs1. The van der Waals surface area contributed by atoms with Crippen LogP contribution in [0.5, 0.6) is 0 Å². The fourth-order valence-corrected chi connectivity index (χ4v) is 2.18. The van der Waals surface area contributed by atoms with Crippen molar-refractivity contribution in [3.8, 4) is 5.69 Å². The van der Waals surface area contributed by atoms with Gasteiger partial charge in [-0.05, 0) is 24.3 Å². The molecule has 2 aromatic heterocycles. The van der Waals surface area contributed by atoms with Crippen LogP contribution >= 0.6 is 11.3 Å². The van der Waals surface area contributed by atoms with E-state index < -0.39 is 0 Å². The molecule has 0 saturated carbocycles. The highest BCUT2D eigenvalue weighted by atomic mass is 32.1. The maximum Gasteiger partial charge on any atom is 0.267 e. The van der Waals surface area contributed by atoms with E-state index in [1.807, 2.05) is 36.5 Å². The summed E-state index contributed by atoms with van der Waals surface area (Å²) in [6.45, 7) is 0. The van der Waals surface area contributed by atoms with Crippen LogP contribution in [0, 0.1) is 0 Å². The van der Waals surface area contributed by atoms with Crippen LogP contribution in [-0.2, 0) is 0 Å². The molecule has 19 heavy (non-hydrogen) atoms. The number of anilines is 1. The molecule has 0 unspecified atom stereocenters. The summed E-state index contributed by atoms with van der Waals surface area (Å²) in [7, 11) is 0. The summed E-state index contributed by atoms with van der Waals surface area (Å²) in [5.41, 5.74) is 3.26. The average Bonchev–Trinajstić information content (AvgIpc) is 3.13. The Labute approximate surface area is 113 Å². The largest absolute Gasteiger partial charge is 0.321 e. The second kappa shape index (κ2) is 5.03. The van der Waals surface area contributed by atoms with Crippen molar-refractivity contribution < 1.29 is 4.79 Å². The Morgan fingerprint density at radius 1 is 1.32 bits per heavy atom. The Hall–Kier alpha value is -2.47. The van der Waals surface area contributed by atoms with Crippen LogP contribution in [0.2, 0.25) is 0 Å². The smallest absolute Gasteiger partial charge is 0.267 e. The van der Waals surface area contributed by atoms with Crippen molar-refractivity contribution in [2.24, 2.45) is 0 Å². The number of benzene rings is 1. The minimum atomic E-state index is -0.153. The molecule has 94 valence electrons. The molecule has 5 nitrogen and oxygen atoms in total. The van der Waals surface area contributed by atoms with Crippen molar-refractivity contribution in [1.29, 1.82) is 0 Å². The Morgan fingerprint density at radius 2 is 2.26 bits per heavy atom. The first-order valence-electron chi connectivity index (χ1n) is 5.63. The summed E-state index contributed by atoms with van der Waals surface area (Å²) in [4.78, 5) is 16.4. The molecule has 1 aromatic carbocycles. The van der Waals surface area contributed by atoms with Crippen molar-refractivity contribution in [2.45, 2.75) is 0 Å². The van der Waals surface area contributed by atoms with E-state index in [9.17, 15) is 4.79 Å². The van der Waals surface area contributed by atoms with Gasteiger partial charge in [0, 0.05) is 18.1 Å². The summed E-state index contributed by atoms with van der Waals surface area (Å²) >= 11 is 1.31. The third-order valence-corrected chi connectivity index (χ3v) is 3.30. The van der Waals surface area contributed by atoms with Gasteiger partial charge in [0.1, 0.15) is 4.88 Å². The normalized spacial score (nSPS) is 10.3. The van der Waals surface area contributed by atoms with Crippen LogP contribution in [-0.4, -0.2) is 20.7 Å². The summed E-state index contributed by atoms with van der Waals surface area (Å²) < 4.78 is 1.74. The van der Waals surface area contributed by atoms with Gasteiger partial charge in [-0.1, -0.05) is 6.07 Å². The van der Waals surface area contributed by atoms with E-state index in [-0.39, 0.29) is 5.91 Å². The molecule has 6 heteroatoms. The number of nitrogens with zero attached hydrogens (tertiary/aromatic N) is 3. The number of hydrogen-bond donors (Lipinski definition) is 1. The van der Waals surface area contributed by atoms with Gasteiger partial charge in [-0.25, -0.2) is 4.68 Å². The van der Waals surface area contributed by atoms with E-state index in [0.717, 1.165) is 11.4 Å². The maximum absolute atomic E-state index is 11.9. The number of nitrogens with one attached hydrogen (secondary N) is 1. The Bertz CT molecular complexity index is 677. The van der Waals surface area contributed by atoms with Crippen molar-refractivity contribution in [3.63, 3.8) is 0 Å². The molecule has 0 bridgehead atoms. The van der Waals surface area contributed by atoms with Gasteiger partial charge in [-0.2, -0.15) is 5.10 Å². The number of hydrogen-bond acceptors (Lipinski definition) is 4. The molecular formula is C13H10N4OS. The average molecular weight is 270 g/mol. The Balaban J connectivity index is 1.82. The zero-order valence-corrected chi connectivity index (χ0v) is 10.7. The van der Waals surface area contributed by atoms with Gasteiger partial charge in [0.05, 0.1) is 17.4 Å². The fourth-order valence-electron chi connectivity index (χ4n) is 1.67. The molecule has 3 rings (SSSR count). The van der Waals surface area contributed by atoms with E-state index in [2.05, 4.69) is 15.4 Å². The van der Waals surface area contributed by atoms with E-state index in [4.69, 9.17) is 0 Å². The minimum Gasteiger partial charge on any atom is -0.321 e. The molecule has 0 fully saturated rings. The second-order valence-corrected chi connectivity index (χ2v) is 4.71. The van der Waals surface area contributed by atoms with Gasteiger partial charge in [0.25, 0.3) is 5.91 Å². The number of carbonyl (C=O) groups excluding carboxylic acids is 1. The highest BCUT2D eigenvalue weighted by Crippen LogP contribution is 2.16. The zero-order chi connectivity index (χ0) is 13.1. The van der Waals surface area contributed by atoms with Crippen LogP contribution in [0.3, 0.4) is 0 Å². The molecule has 1 N–H and O–H groups in total. The lowest BCUT2D eigenvalue weighted by Crippen LogP contribution is -2.10. The van der Waals surface area contributed by atoms with Crippen LogP contribution in [0.4, 0.5) is 5.69 Å². The molecule has 0 atom stereocenters. The van der Waals surface area contributed by atoms with Gasteiger partial charge >= 0.3 is 0 Å². The molecule has 1 amide bonds. The van der Waals surface area contributed by atoms with Crippen LogP contribution in [0.25, 0.3) is 5.69 Å². The lowest BCUT2D eigenvalue weighted by molar-refractivity contribution is 0.103. The maximum atomic E-state index is 11.9. The molecule has 0 aliphatic carbocycles. The predicted octanol–water partition coefficient (Wildman–Crippen LogP) is 2.58. The number of amides is 1. The summed E-state index contributed by atoms with van der Waals surface area (Å²) in [5, 5.41) is 6.99. The molecule has 3 aromatic rings. The quantitative estimate of drug-likeness (QED) is 0.795. The van der Waals surface area contributed by atoms with Crippen molar-refractivity contribution >= 4 is 22.9 Å². The van der Waals surface area contributed by atoms with E-state index in [0.29, 0.717) is 4.88 Å². The van der Waals surface area contributed by atoms with Crippen LogP contribution < -0.4 is 5.32 Å². The highest BCUT2D eigenvalue weighted by Gasteiger charge is 2.08. The lowest BCUT2D eigenvalue weighted by atomic mass is 10.2. The molecule has 0 spiro atoms. The van der Waals surface area contributed by atoms with Gasteiger partial charge in [-0.15, -0.1) is 11.3 Å². The van der Waals surface area contributed by atoms with Crippen molar-refractivity contribution in [3.05, 3.63) is 59.3 Å². The third-order valence-electron chi connectivity index (χ3n) is 2.53. The molecule has 0 aliphatic rings. The monoisotopic (exact) mass is 270 g/mol. The van der Waals surface area contributed by atoms with E-state index >= 15 is 0 Å². The highest BCUT2D eigenvalue weighted by molar-refractivity contribution is 7.11. The number of carbonyl (C=O) groups is 1. The van der Waals surface area contributed by atoms with Crippen LogP contribution in [0.15, 0.2) is 54.4 Å². The first-order chi connectivity index (χ1) is 9.33. The molecule has 0 radical (unpaired) electrons. The summed E-state index contributed by atoms with van der Waals surface area (Å²) in [6.07, 6.45) is 5.12. The van der Waals surface area contributed by atoms with Crippen LogP contribution in [0.1, 0.15) is 9.67 Å². The zero-order valence-electron chi connectivity index (χ0n) is 9.85. The molecule has 0 saturated heterocycles. The third kappa shape index (κ3) is 2.53. The summed E-state index contributed by atoms with van der Waals surface area (Å²) in [5.74, 6) is -0.153. The van der Waals surface area contributed by atoms with Gasteiger partial charge in [0.15, 0.2) is 0 Å². The van der Waals surface area contributed by atoms with Crippen molar-refractivity contribution in [2.75, 3.05) is 5.32 Å². The molecule has 2 heterocycles. The molecular weight excluding hydrogens is 260 g/mol. The fraction of sp³-hybridized carbons (Fsp3) is 0. The van der Waals surface area contributed by atoms with Gasteiger partial charge < -0.3 is 5.32 Å². The Morgan fingerprint density at radius 3 is 3.00 bits per heavy atom. The van der Waals surface area contributed by atoms with Crippen molar-refractivity contribution in [1.82, 2.24) is 14.8 Å². The summed E-state index contributed by atoms with van der Waals surface area (Å²) in [6, 6.07) is 9.36. The number of aromatic nitrogens is 3. The number of rotatable bonds is 3.